The average molecular weight is 419 g/mol. The van der Waals surface area contributed by atoms with E-state index in [4.69, 9.17) is 18.9 Å². The first kappa shape index (κ1) is 21.9. The van der Waals surface area contributed by atoms with Crippen LogP contribution >= 0.6 is 0 Å². The Morgan fingerprint density at radius 3 is 2.57 bits per heavy atom. The number of fused-ring (bicyclic) bond motifs is 1. The number of benzene rings is 1. The number of rotatable bonds is 7. The van der Waals surface area contributed by atoms with Gasteiger partial charge in [0.1, 0.15) is 5.60 Å². The van der Waals surface area contributed by atoms with E-state index in [1.165, 1.54) is 0 Å². The van der Waals surface area contributed by atoms with Crippen LogP contribution in [0.2, 0.25) is 0 Å². The Morgan fingerprint density at radius 2 is 1.87 bits per heavy atom. The summed E-state index contributed by atoms with van der Waals surface area (Å²) in [5.74, 6) is -0.160. The molecule has 1 amide bonds. The van der Waals surface area contributed by atoms with Crippen LogP contribution in [0.15, 0.2) is 18.2 Å². The molecular formula is C22H29NO7. The van der Waals surface area contributed by atoms with E-state index in [2.05, 4.69) is 0 Å². The molecule has 1 fully saturated rings. The molecule has 0 unspecified atom stereocenters. The lowest BCUT2D eigenvalue weighted by atomic mass is 9.97. The van der Waals surface area contributed by atoms with Crippen LogP contribution < -0.4 is 9.47 Å². The lowest BCUT2D eigenvalue weighted by molar-refractivity contribution is -0.155. The Balaban J connectivity index is 1.40. The van der Waals surface area contributed by atoms with Crippen molar-refractivity contribution in [2.45, 2.75) is 45.6 Å². The number of hydrogen-bond donors (Lipinski definition) is 0. The summed E-state index contributed by atoms with van der Waals surface area (Å²) >= 11 is 0. The fourth-order valence-corrected chi connectivity index (χ4v) is 3.74. The van der Waals surface area contributed by atoms with E-state index in [0.717, 1.165) is 12.0 Å². The molecule has 0 N–H and O–H groups in total. The van der Waals surface area contributed by atoms with E-state index in [-0.39, 0.29) is 36.6 Å². The van der Waals surface area contributed by atoms with E-state index in [9.17, 15) is 14.4 Å². The predicted molar refractivity (Wildman–Crippen MR) is 107 cm³/mol. The van der Waals surface area contributed by atoms with Gasteiger partial charge in [0.05, 0.1) is 12.5 Å². The van der Waals surface area contributed by atoms with E-state index >= 15 is 0 Å². The van der Waals surface area contributed by atoms with Gasteiger partial charge in [-0.2, -0.15) is 0 Å². The van der Waals surface area contributed by atoms with Gasteiger partial charge in [0.25, 0.3) is 5.91 Å². The van der Waals surface area contributed by atoms with Gasteiger partial charge in [-0.05, 0) is 39.7 Å². The molecule has 8 heteroatoms. The van der Waals surface area contributed by atoms with Gasteiger partial charge in [-0.1, -0.05) is 12.1 Å². The lowest BCUT2D eigenvalue weighted by Gasteiger charge is -2.30. The molecule has 0 saturated carbocycles. The molecule has 0 aliphatic carbocycles. The molecule has 0 aromatic heterocycles. The predicted octanol–water partition coefficient (Wildman–Crippen LogP) is 2.12. The lowest BCUT2D eigenvalue weighted by Crippen LogP contribution is -2.42. The van der Waals surface area contributed by atoms with Crippen molar-refractivity contribution in [2.75, 3.05) is 32.9 Å². The number of amides is 1. The van der Waals surface area contributed by atoms with Crippen molar-refractivity contribution < 1.29 is 33.3 Å². The number of piperidine rings is 1. The number of carbonyl (C=O) groups excluding carboxylic acids is 3. The maximum atomic E-state index is 12.3. The zero-order chi connectivity index (χ0) is 21.7. The number of nitrogens with zero attached hydrogens (tertiary/aromatic N) is 1. The van der Waals surface area contributed by atoms with Crippen LogP contribution in [0.1, 0.15) is 39.2 Å². The van der Waals surface area contributed by atoms with E-state index in [1.807, 2.05) is 26.0 Å². The second kappa shape index (κ2) is 9.36. The highest BCUT2D eigenvalue weighted by Crippen LogP contribution is 2.41. The number of likely N-dealkylation sites (tertiary alicyclic amines) is 1. The van der Waals surface area contributed by atoms with E-state index < -0.39 is 5.97 Å². The third kappa shape index (κ3) is 5.43. The van der Waals surface area contributed by atoms with Crippen molar-refractivity contribution >= 4 is 17.8 Å². The van der Waals surface area contributed by atoms with Gasteiger partial charge in [-0.3, -0.25) is 9.59 Å². The minimum Gasteiger partial charge on any atom is -0.483 e. The summed E-state index contributed by atoms with van der Waals surface area (Å²) in [7, 11) is 0. The van der Waals surface area contributed by atoms with Gasteiger partial charge in [0.2, 0.25) is 0 Å². The number of hydrogen-bond acceptors (Lipinski definition) is 7. The minimum atomic E-state index is -0.625. The number of para-hydroxylation sites is 1. The molecule has 2 heterocycles. The van der Waals surface area contributed by atoms with E-state index in [1.54, 1.807) is 17.9 Å². The fourth-order valence-electron chi connectivity index (χ4n) is 3.74. The van der Waals surface area contributed by atoms with Gasteiger partial charge in [0.15, 0.2) is 24.7 Å². The Bertz CT molecular complexity index is 797. The molecule has 0 atom stereocenters. The van der Waals surface area contributed by atoms with Crippen LogP contribution in [-0.4, -0.2) is 61.3 Å². The SMILES string of the molecule is CCOC(=O)C1CCN(C(=O)COC(=O)COc2cccc3c2OC(C)(C)C3)CC1. The molecule has 3 rings (SSSR count). The standard InChI is InChI=1S/C22H29NO7/c1-4-27-21(26)15-8-10-23(11-9-15)18(24)13-29-19(25)14-28-17-7-5-6-16-12-22(2,3)30-20(16)17/h5-7,15H,4,8-14H2,1-3H3. The molecular weight excluding hydrogens is 390 g/mol. The largest absolute Gasteiger partial charge is 0.483 e. The van der Waals surface area contributed by atoms with Gasteiger partial charge in [0, 0.05) is 25.1 Å². The first-order chi connectivity index (χ1) is 14.3. The second-order valence-corrected chi connectivity index (χ2v) is 8.14. The molecule has 0 spiro atoms. The quantitative estimate of drug-likeness (QED) is 0.625. The topological polar surface area (TPSA) is 91.4 Å². The van der Waals surface area contributed by atoms with Crippen LogP contribution in [0.3, 0.4) is 0 Å². The van der Waals surface area contributed by atoms with Crippen LogP contribution in [0.25, 0.3) is 0 Å². The number of carbonyl (C=O) groups is 3. The maximum absolute atomic E-state index is 12.3. The fraction of sp³-hybridized carbons (Fsp3) is 0.591. The average Bonchev–Trinajstić information content (AvgIpc) is 3.05. The first-order valence-electron chi connectivity index (χ1n) is 10.3. The van der Waals surface area contributed by atoms with Crippen molar-refractivity contribution in [3.8, 4) is 11.5 Å². The minimum absolute atomic E-state index is 0.176. The summed E-state index contributed by atoms with van der Waals surface area (Å²) in [5.41, 5.74) is 0.724. The Labute approximate surface area is 176 Å². The van der Waals surface area contributed by atoms with Crippen LogP contribution in [-0.2, 0) is 30.3 Å². The molecule has 1 aromatic carbocycles. The molecule has 0 radical (unpaired) electrons. The third-order valence-corrected chi connectivity index (χ3v) is 5.22. The van der Waals surface area contributed by atoms with Gasteiger partial charge < -0.3 is 23.8 Å². The Morgan fingerprint density at radius 1 is 1.13 bits per heavy atom. The van der Waals surface area contributed by atoms with Crippen molar-refractivity contribution in [1.82, 2.24) is 4.90 Å². The summed E-state index contributed by atoms with van der Waals surface area (Å²) in [4.78, 5) is 37.7. The first-order valence-corrected chi connectivity index (χ1v) is 10.3. The maximum Gasteiger partial charge on any atom is 0.344 e. The van der Waals surface area contributed by atoms with Crippen molar-refractivity contribution in [1.29, 1.82) is 0 Å². The van der Waals surface area contributed by atoms with Crippen molar-refractivity contribution in [3.05, 3.63) is 23.8 Å². The summed E-state index contributed by atoms with van der Waals surface area (Å²) < 4.78 is 21.6. The van der Waals surface area contributed by atoms with Crippen molar-refractivity contribution in [2.24, 2.45) is 5.92 Å². The number of esters is 2. The smallest absolute Gasteiger partial charge is 0.344 e. The second-order valence-electron chi connectivity index (χ2n) is 8.14. The Hall–Kier alpha value is -2.77. The zero-order valence-electron chi connectivity index (χ0n) is 17.8. The molecule has 30 heavy (non-hydrogen) atoms. The van der Waals surface area contributed by atoms with Crippen molar-refractivity contribution in [3.63, 3.8) is 0 Å². The molecule has 2 aliphatic heterocycles. The monoisotopic (exact) mass is 419 g/mol. The molecule has 0 bridgehead atoms. The summed E-state index contributed by atoms with van der Waals surface area (Å²) in [5, 5.41) is 0. The highest BCUT2D eigenvalue weighted by Gasteiger charge is 2.32. The van der Waals surface area contributed by atoms with Crippen LogP contribution in [0.5, 0.6) is 11.5 Å². The van der Waals surface area contributed by atoms with Gasteiger partial charge in [-0.25, -0.2) is 4.79 Å². The van der Waals surface area contributed by atoms with Crippen LogP contribution in [0, 0.1) is 5.92 Å². The van der Waals surface area contributed by atoms with Gasteiger partial charge in [-0.15, -0.1) is 0 Å². The van der Waals surface area contributed by atoms with Crippen LogP contribution in [0.4, 0.5) is 0 Å². The molecule has 1 saturated heterocycles. The molecule has 1 aromatic rings. The van der Waals surface area contributed by atoms with Gasteiger partial charge >= 0.3 is 11.9 Å². The molecule has 8 nitrogen and oxygen atoms in total. The third-order valence-electron chi connectivity index (χ3n) is 5.22. The number of ether oxygens (including phenoxy) is 4. The van der Waals surface area contributed by atoms with E-state index in [0.29, 0.717) is 44.0 Å². The zero-order valence-corrected chi connectivity index (χ0v) is 17.8. The highest BCUT2D eigenvalue weighted by molar-refractivity contribution is 5.81. The summed E-state index contributed by atoms with van der Waals surface area (Å²) in [6.45, 7) is 6.35. The summed E-state index contributed by atoms with van der Waals surface area (Å²) in [6, 6.07) is 5.57. The summed E-state index contributed by atoms with van der Waals surface area (Å²) in [6.07, 6.45) is 1.87. The normalized spacial score (nSPS) is 17.6. The Kier molecular flexibility index (Phi) is 6.84. The molecule has 2 aliphatic rings. The molecule has 164 valence electrons. The highest BCUT2D eigenvalue weighted by atomic mass is 16.6.